The summed E-state index contributed by atoms with van der Waals surface area (Å²) < 4.78 is 5.12. The van der Waals surface area contributed by atoms with Gasteiger partial charge in [0.05, 0.1) is 25.6 Å². The minimum absolute atomic E-state index is 0.0854. The van der Waals surface area contributed by atoms with Gasteiger partial charge in [0.1, 0.15) is 5.54 Å². The summed E-state index contributed by atoms with van der Waals surface area (Å²) in [5.74, 6) is -0.461. The Balaban J connectivity index is 1.49. The molecule has 1 atom stereocenters. The fraction of sp³-hybridized carbons (Fsp3) is 0.435. The number of imide groups is 1. The van der Waals surface area contributed by atoms with E-state index in [9.17, 15) is 14.4 Å². The number of hydrogen-bond donors (Lipinski definition) is 2. The molecule has 0 aliphatic carbocycles. The molecule has 0 unspecified atom stereocenters. The number of benzene rings is 2. The second kappa shape index (κ2) is 8.07. The molecule has 0 spiro atoms. The van der Waals surface area contributed by atoms with Crippen LogP contribution in [0, 0.1) is 5.92 Å². The van der Waals surface area contributed by atoms with E-state index >= 15 is 0 Å². The number of esters is 1. The van der Waals surface area contributed by atoms with Crippen LogP contribution in [-0.2, 0) is 19.9 Å². The number of carbonyl (C=O) groups excluding carboxylic acids is 3. The van der Waals surface area contributed by atoms with Crippen molar-refractivity contribution in [2.75, 3.05) is 26.4 Å². The van der Waals surface area contributed by atoms with E-state index in [0.717, 1.165) is 34.3 Å². The summed E-state index contributed by atoms with van der Waals surface area (Å²) in [6, 6.07) is 13.3. The topological polar surface area (TPSA) is 80.2 Å². The third kappa shape index (κ3) is 3.54. The van der Waals surface area contributed by atoms with Crippen LogP contribution < -0.4 is 10.2 Å². The molecule has 2 saturated heterocycles. The van der Waals surface area contributed by atoms with E-state index in [1.807, 2.05) is 49.4 Å². The van der Waals surface area contributed by atoms with Crippen molar-refractivity contribution < 1.29 is 24.0 Å². The highest BCUT2D eigenvalue weighted by atomic mass is 16.5. The number of ether oxygens (including phenoxy) is 1. The lowest BCUT2D eigenvalue weighted by Crippen LogP contribution is -3.14. The molecule has 30 heavy (non-hydrogen) atoms. The Morgan fingerprint density at radius 1 is 1.17 bits per heavy atom. The summed E-state index contributed by atoms with van der Waals surface area (Å²) in [6.45, 7) is 5.73. The quantitative estimate of drug-likeness (QED) is 0.577. The Labute approximate surface area is 176 Å². The predicted molar refractivity (Wildman–Crippen MR) is 112 cm³/mol. The maximum absolute atomic E-state index is 13.4. The molecule has 2 fully saturated rings. The molecule has 7 nitrogen and oxygen atoms in total. The molecule has 0 saturated carbocycles. The number of nitrogens with one attached hydrogen (secondary N) is 2. The largest absolute Gasteiger partial charge is 0.466 e. The van der Waals surface area contributed by atoms with E-state index in [-0.39, 0.29) is 23.8 Å². The Kier molecular flexibility index (Phi) is 5.47. The molecule has 3 amide bonds. The van der Waals surface area contributed by atoms with Crippen LogP contribution in [0.15, 0.2) is 42.5 Å². The Morgan fingerprint density at radius 2 is 1.87 bits per heavy atom. The van der Waals surface area contributed by atoms with Crippen molar-refractivity contribution in [3.8, 4) is 0 Å². The van der Waals surface area contributed by atoms with E-state index < -0.39 is 5.54 Å². The van der Waals surface area contributed by atoms with Crippen molar-refractivity contribution in [3.63, 3.8) is 0 Å². The number of amides is 3. The Bertz CT molecular complexity index is 978. The molecule has 7 heteroatoms. The monoisotopic (exact) mass is 410 g/mol. The van der Waals surface area contributed by atoms with Crippen molar-refractivity contribution in [3.05, 3.63) is 48.0 Å². The molecular formula is C23H28N3O4+. The molecule has 0 aromatic heterocycles. The highest BCUT2D eigenvalue weighted by Gasteiger charge is 2.51. The van der Waals surface area contributed by atoms with Crippen LogP contribution in [0.5, 0.6) is 0 Å². The fourth-order valence-electron chi connectivity index (χ4n) is 4.59. The van der Waals surface area contributed by atoms with Crippen LogP contribution in [0.2, 0.25) is 0 Å². The smallest absolute Gasteiger partial charge is 0.329 e. The van der Waals surface area contributed by atoms with Crippen molar-refractivity contribution in [1.29, 1.82) is 0 Å². The van der Waals surface area contributed by atoms with Crippen LogP contribution in [0.3, 0.4) is 0 Å². The van der Waals surface area contributed by atoms with Crippen LogP contribution in [0.4, 0.5) is 4.79 Å². The lowest BCUT2D eigenvalue weighted by atomic mass is 9.88. The zero-order chi connectivity index (χ0) is 21.3. The summed E-state index contributed by atoms with van der Waals surface area (Å²) >= 11 is 0. The van der Waals surface area contributed by atoms with Gasteiger partial charge in [0.25, 0.3) is 5.91 Å². The molecule has 2 aliphatic rings. The zero-order valence-electron chi connectivity index (χ0n) is 17.4. The van der Waals surface area contributed by atoms with E-state index in [0.29, 0.717) is 26.1 Å². The summed E-state index contributed by atoms with van der Waals surface area (Å²) in [5, 5.41) is 4.91. The average Bonchev–Trinajstić information content (AvgIpc) is 2.98. The minimum Gasteiger partial charge on any atom is -0.466 e. The third-order valence-corrected chi connectivity index (χ3v) is 6.30. The first kappa shape index (κ1) is 20.3. The molecule has 2 aliphatic heterocycles. The molecule has 158 valence electrons. The Hall–Kier alpha value is -2.93. The highest BCUT2D eigenvalue weighted by molar-refractivity contribution is 6.09. The van der Waals surface area contributed by atoms with E-state index in [1.165, 1.54) is 4.90 Å². The maximum atomic E-state index is 13.4. The summed E-state index contributed by atoms with van der Waals surface area (Å²) in [6.07, 6.45) is 1.41. The lowest BCUT2D eigenvalue weighted by molar-refractivity contribution is -0.913. The van der Waals surface area contributed by atoms with Gasteiger partial charge in [0.15, 0.2) is 6.67 Å². The molecule has 2 aromatic rings. The molecule has 0 radical (unpaired) electrons. The van der Waals surface area contributed by atoms with Gasteiger partial charge in [-0.15, -0.1) is 0 Å². The number of fused-ring (bicyclic) bond motifs is 1. The van der Waals surface area contributed by atoms with Crippen molar-refractivity contribution in [2.45, 2.75) is 32.2 Å². The number of urea groups is 1. The number of carbonyl (C=O) groups is 3. The van der Waals surface area contributed by atoms with Crippen molar-refractivity contribution in [1.82, 2.24) is 10.2 Å². The number of hydrogen-bond acceptors (Lipinski definition) is 4. The summed E-state index contributed by atoms with van der Waals surface area (Å²) in [4.78, 5) is 40.5. The first-order valence-corrected chi connectivity index (χ1v) is 10.6. The molecule has 2 aromatic carbocycles. The lowest BCUT2D eigenvalue weighted by Gasteiger charge is -2.30. The van der Waals surface area contributed by atoms with Crippen LogP contribution >= 0.6 is 0 Å². The van der Waals surface area contributed by atoms with Gasteiger partial charge in [-0.1, -0.05) is 42.5 Å². The van der Waals surface area contributed by atoms with E-state index in [4.69, 9.17) is 4.74 Å². The number of rotatable bonds is 5. The first-order chi connectivity index (χ1) is 14.4. The van der Waals surface area contributed by atoms with Crippen molar-refractivity contribution in [2.24, 2.45) is 5.92 Å². The van der Waals surface area contributed by atoms with Gasteiger partial charge >= 0.3 is 12.0 Å². The highest BCUT2D eigenvalue weighted by Crippen LogP contribution is 2.33. The average molecular weight is 410 g/mol. The van der Waals surface area contributed by atoms with Gasteiger partial charge in [-0.25, -0.2) is 9.69 Å². The number of piperidine rings is 1. The SMILES string of the molecule is CCOC(=O)C1CC[NH+](CN2C(=O)N[C@@](C)(c3cccc4ccccc34)C2=O)CC1. The molecule has 2 heterocycles. The normalized spacial score (nSPS) is 26.7. The number of nitrogens with zero attached hydrogens (tertiary/aromatic N) is 1. The second-order valence-electron chi connectivity index (χ2n) is 8.25. The second-order valence-corrected chi connectivity index (χ2v) is 8.25. The van der Waals surface area contributed by atoms with Gasteiger partial charge in [-0.2, -0.15) is 0 Å². The van der Waals surface area contributed by atoms with Crippen LogP contribution in [0.25, 0.3) is 10.8 Å². The number of quaternary nitrogens is 1. The van der Waals surface area contributed by atoms with Crippen molar-refractivity contribution >= 4 is 28.7 Å². The fourth-order valence-corrected chi connectivity index (χ4v) is 4.59. The third-order valence-electron chi connectivity index (χ3n) is 6.30. The van der Waals surface area contributed by atoms with Gasteiger partial charge in [0.2, 0.25) is 0 Å². The van der Waals surface area contributed by atoms with Gasteiger partial charge < -0.3 is 15.0 Å². The molecular weight excluding hydrogens is 382 g/mol. The summed E-state index contributed by atoms with van der Waals surface area (Å²) in [5.41, 5.74) is -0.293. The van der Waals surface area contributed by atoms with E-state index in [2.05, 4.69) is 5.32 Å². The van der Waals surface area contributed by atoms with Gasteiger partial charge in [0, 0.05) is 12.8 Å². The molecule has 0 bridgehead atoms. The number of likely N-dealkylation sites (tertiary alicyclic amines) is 1. The maximum Gasteiger partial charge on any atom is 0.329 e. The zero-order valence-corrected chi connectivity index (χ0v) is 17.4. The van der Waals surface area contributed by atoms with Gasteiger partial charge in [-0.3, -0.25) is 9.59 Å². The van der Waals surface area contributed by atoms with Crippen LogP contribution in [-0.4, -0.2) is 49.2 Å². The minimum atomic E-state index is -1.10. The van der Waals surface area contributed by atoms with Gasteiger partial charge in [-0.05, 0) is 30.2 Å². The van der Waals surface area contributed by atoms with E-state index in [1.54, 1.807) is 6.92 Å². The van der Waals surface area contributed by atoms with Crippen LogP contribution in [0.1, 0.15) is 32.3 Å². The first-order valence-electron chi connectivity index (χ1n) is 10.6. The molecule has 2 N–H and O–H groups in total. The molecule has 4 rings (SSSR count). The standard InChI is InChI=1S/C23H27N3O4/c1-3-30-20(27)17-11-13-25(14-12-17)15-26-21(28)23(2,24-22(26)29)19-10-6-8-16-7-4-5-9-18(16)19/h4-10,17H,3,11-15H2,1-2H3,(H,24,29)/p+1/t23-/m0/s1. The summed E-state index contributed by atoms with van der Waals surface area (Å²) in [7, 11) is 0. The predicted octanol–water partition coefficient (Wildman–Crippen LogP) is 1.42. The Morgan fingerprint density at radius 3 is 2.60 bits per heavy atom.